The molecule has 0 bridgehead atoms. The molecule has 0 radical (unpaired) electrons. The monoisotopic (exact) mass is 326 g/mol. The van der Waals surface area contributed by atoms with Crippen molar-refractivity contribution in [2.75, 3.05) is 13.2 Å². The number of hydrogen-bond acceptors (Lipinski definition) is 3. The molecule has 1 fully saturated rings. The number of aliphatic hydroxyl groups is 1. The molecule has 19 heavy (non-hydrogen) atoms. The Kier molecular flexibility index (Phi) is 5.39. The number of nitrogens with two attached hydrogens (primary N) is 1. The third-order valence-corrected chi connectivity index (χ3v) is 4.68. The number of nitrogens with zero attached hydrogens (tertiary/aromatic N) is 1. The molecule has 3 unspecified atom stereocenters. The molecular weight excluding hydrogens is 304 g/mol. The van der Waals surface area contributed by atoms with Crippen molar-refractivity contribution in [3.63, 3.8) is 0 Å². The van der Waals surface area contributed by atoms with Gasteiger partial charge in [-0.2, -0.15) is 0 Å². The Bertz CT molecular complexity index is 411. The highest BCUT2D eigenvalue weighted by molar-refractivity contribution is 9.10. The summed E-state index contributed by atoms with van der Waals surface area (Å²) >= 11 is 3.63. The fraction of sp³-hybridized carbons (Fsp3) is 0.600. The van der Waals surface area contributed by atoms with Gasteiger partial charge in [0.25, 0.3) is 0 Å². The van der Waals surface area contributed by atoms with E-state index in [1.165, 1.54) is 18.4 Å². The van der Waals surface area contributed by atoms with Gasteiger partial charge in [0, 0.05) is 16.6 Å². The van der Waals surface area contributed by atoms with Gasteiger partial charge in [0.1, 0.15) is 0 Å². The Balaban J connectivity index is 2.32. The number of halogens is 1. The van der Waals surface area contributed by atoms with E-state index in [4.69, 9.17) is 5.73 Å². The first-order valence-corrected chi connectivity index (χ1v) is 7.81. The van der Waals surface area contributed by atoms with Crippen molar-refractivity contribution in [2.24, 2.45) is 5.73 Å². The SMILES string of the molecule is CC(N)C(c1ccccc1Br)N1CCCCC1CO. The second kappa shape index (κ2) is 6.84. The number of hydrogen-bond donors (Lipinski definition) is 2. The standard InChI is InChI=1S/C15H23BrN2O/c1-11(17)15(13-7-2-3-8-14(13)16)18-9-5-4-6-12(18)10-19/h2-3,7-8,11-12,15,19H,4-6,9-10,17H2,1H3. The largest absolute Gasteiger partial charge is 0.395 e. The maximum atomic E-state index is 9.61. The molecule has 3 atom stereocenters. The molecule has 3 N–H and O–H groups in total. The Labute approximate surface area is 123 Å². The van der Waals surface area contributed by atoms with Crippen LogP contribution in [0.15, 0.2) is 28.7 Å². The van der Waals surface area contributed by atoms with E-state index >= 15 is 0 Å². The van der Waals surface area contributed by atoms with Crippen LogP contribution in [0.5, 0.6) is 0 Å². The van der Waals surface area contributed by atoms with Gasteiger partial charge in [-0.05, 0) is 37.9 Å². The van der Waals surface area contributed by atoms with Gasteiger partial charge >= 0.3 is 0 Å². The molecule has 0 spiro atoms. The second-order valence-corrected chi connectivity index (χ2v) is 6.25. The average Bonchev–Trinajstić information content (AvgIpc) is 2.41. The van der Waals surface area contributed by atoms with E-state index in [0.717, 1.165) is 17.4 Å². The maximum absolute atomic E-state index is 9.61. The summed E-state index contributed by atoms with van der Waals surface area (Å²) in [6.07, 6.45) is 3.44. The highest BCUT2D eigenvalue weighted by Crippen LogP contribution is 2.34. The average molecular weight is 327 g/mol. The van der Waals surface area contributed by atoms with Crippen molar-refractivity contribution < 1.29 is 5.11 Å². The summed E-state index contributed by atoms with van der Waals surface area (Å²) in [7, 11) is 0. The van der Waals surface area contributed by atoms with Crippen LogP contribution < -0.4 is 5.73 Å². The quantitative estimate of drug-likeness (QED) is 0.894. The highest BCUT2D eigenvalue weighted by Gasteiger charge is 2.32. The first-order valence-electron chi connectivity index (χ1n) is 7.01. The van der Waals surface area contributed by atoms with Gasteiger partial charge in [-0.25, -0.2) is 0 Å². The van der Waals surface area contributed by atoms with Crippen molar-refractivity contribution in [1.82, 2.24) is 4.90 Å². The topological polar surface area (TPSA) is 49.5 Å². The van der Waals surface area contributed by atoms with E-state index in [0.29, 0.717) is 0 Å². The predicted octanol–water partition coefficient (Wildman–Crippen LogP) is 2.68. The van der Waals surface area contributed by atoms with Gasteiger partial charge in [0.05, 0.1) is 12.6 Å². The lowest BCUT2D eigenvalue weighted by Gasteiger charge is -2.42. The third kappa shape index (κ3) is 3.37. The van der Waals surface area contributed by atoms with Gasteiger partial charge in [-0.3, -0.25) is 4.90 Å². The van der Waals surface area contributed by atoms with E-state index in [-0.39, 0.29) is 24.7 Å². The lowest BCUT2D eigenvalue weighted by atomic mass is 9.93. The van der Waals surface area contributed by atoms with E-state index in [9.17, 15) is 5.11 Å². The maximum Gasteiger partial charge on any atom is 0.0587 e. The molecule has 0 aromatic heterocycles. The molecule has 1 aliphatic rings. The zero-order valence-corrected chi connectivity index (χ0v) is 13.0. The Morgan fingerprint density at radius 1 is 1.42 bits per heavy atom. The van der Waals surface area contributed by atoms with Gasteiger partial charge < -0.3 is 10.8 Å². The van der Waals surface area contributed by atoms with Crippen LogP contribution in [0.2, 0.25) is 0 Å². The molecule has 1 aliphatic heterocycles. The van der Waals surface area contributed by atoms with Crippen LogP contribution in [0, 0.1) is 0 Å². The van der Waals surface area contributed by atoms with E-state index in [1.54, 1.807) is 0 Å². The zero-order chi connectivity index (χ0) is 13.8. The van der Waals surface area contributed by atoms with Crippen LogP contribution in [0.25, 0.3) is 0 Å². The lowest BCUT2D eigenvalue weighted by molar-refractivity contribution is 0.0441. The number of aliphatic hydroxyl groups excluding tert-OH is 1. The van der Waals surface area contributed by atoms with Crippen molar-refractivity contribution in [3.8, 4) is 0 Å². The summed E-state index contributed by atoms with van der Waals surface area (Å²) in [4.78, 5) is 2.38. The fourth-order valence-corrected chi connectivity index (χ4v) is 3.58. The lowest BCUT2D eigenvalue weighted by Crippen LogP contribution is -2.49. The summed E-state index contributed by atoms with van der Waals surface area (Å²) < 4.78 is 1.10. The molecule has 1 heterocycles. The molecule has 2 rings (SSSR count). The van der Waals surface area contributed by atoms with Gasteiger partial charge in [-0.1, -0.05) is 40.5 Å². The molecule has 0 aliphatic carbocycles. The zero-order valence-electron chi connectivity index (χ0n) is 11.4. The molecule has 3 nitrogen and oxygen atoms in total. The van der Waals surface area contributed by atoms with Gasteiger partial charge in [0.2, 0.25) is 0 Å². The minimum absolute atomic E-state index is 0.0332. The molecule has 0 amide bonds. The molecule has 0 saturated carbocycles. The Hall–Kier alpha value is -0.420. The predicted molar refractivity (Wildman–Crippen MR) is 82.0 cm³/mol. The van der Waals surface area contributed by atoms with Crippen LogP contribution in [0.1, 0.15) is 37.8 Å². The molecule has 1 aromatic rings. The molecule has 1 saturated heterocycles. The van der Waals surface area contributed by atoms with Crippen molar-refractivity contribution in [2.45, 2.75) is 44.3 Å². The summed E-state index contributed by atoms with van der Waals surface area (Å²) in [5.41, 5.74) is 7.46. The number of rotatable bonds is 4. The number of benzene rings is 1. The highest BCUT2D eigenvalue weighted by atomic mass is 79.9. The van der Waals surface area contributed by atoms with Crippen LogP contribution in [0.4, 0.5) is 0 Å². The van der Waals surface area contributed by atoms with Crippen LogP contribution in [-0.2, 0) is 0 Å². The first kappa shape index (κ1) is 15.0. The second-order valence-electron chi connectivity index (χ2n) is 5.40. The minimum atomic E-state index is 0.0332. The van der Waals surface area contributed by atoms with Crippen molar-refractivity contribution in [3.05, 3.63) is 34.3 Å². The fourth-order valence-electron chi connectivity index (χ4n) is 3.06. The van der Waals surface area contributed by atoms with Crippen LogP contribution in [0.3, 0.4) is 0 Å². The molecular formula is C15H23BrN2O. The van der Waals surface area contributed by atoms with E-state index < -0.39 is 0 Å². The summed E-state index contributed by atoms with van der Waals surface area (Å²) in [6, 6.07) is 8.68. The molecule has 1 aromatic carbocycles. The Morgan fingerprint density at radius 2 is 2.16 bits per heavy atom. The van der Waals surface area contributed by atoms with E-state index in [2.05, 4.69) is 33.0 Å². The minimum Gasteiger partial charge on any atom is -0.395 e. The third-order valence-electron chi connectivity index (χ3n) is 3.96. The Morgan fingerprint density at radius 3 is 2.79 bits per heavy atom. The van der Waals surface area contributed by atoms with E-state index in [1.807, 2.05) is 19.1 Å². The number of piperidine rings is 1. The first-order chi connectivity index (χ1) is 9.15. The summed E-state index contributed by atoms with van der Waals surface area (Å²) in [5.74, 6) is 0. The summed E-state index contributed by atoms with van der Waals surface area (Å²) in [5, 5.41) is 9.61. The molecule has 4 heteroatoms. The normalized spacial score (nSPS) is 24.1. The van der Waals surface area contributed by atoms with Crippen molar-refractivity contribution in [1.29, 1.82) is 0 Å². The smallest absolute Gasteiger partial charge is 0.0587 e. The number of likely N-dealkylation sites (tertiary alicyclic amines) is 1. The summed E-state index contributed by atoms with van der Waals surface area (Å²) in [6.45, 7) is 3.28. The van der Waals surface area contributed by atoms with Gasteiger partial charge in [0.15, 0.2) is 0 Å². The van der Waals surface area contributed by atoms with Gasteiger partial charge in [-0.15, -0.1) is 0 Å². The van der Waals surface area contributed by atoms with Crippen molar-refractivity contribution >= 4 is 15.9 Å². The van der Waals surface area contributed by atoms with Crippen LogP contribution >= 0.6 is 15.9 Å². The molecule has 106 valence electrons. The van der Waals surface area contributed by atoms with Crippen LogP contribution in [-0.4, -0.2) is 35.2 Å².